The summed E-state index contributed by atoms with van der Waals surface area (Å²) in [5.41, 5.74) is 2.38. The second-order valence-corrected chi connectivity index (χ2v) is 6.65. The monoisotopic (exact) mass is 347 g/mol. The molecule has 6 nitrogen and oxygen atoms in total. The number of carbonyl (C=O) groups excluding carboxylic acids is 2. The molecule has 2 amide bonds. The first-order valence-corrected chi connectivity index (χ1v) is 8.83. The quantitative estimate of drug-likeness (QED) is 0.805. The van der Waals surface area contributed by atoms with Gasteiger partial charge in [0.25, 0.3) is 0 Å². The second-order valence-electron chi connectivity index (χ2n) is 6.65. The Morgan fingerprint density at radius 1 is 1.40 bits per heavy atom. The van der Waals surface area contributed by atoms with Gasteiger partial charge in [0.15, 0.2) is 0 Å². The summed E-state index contributed by atoms with van der Waals surface area (Å²) >= 11 is 0. The van der Waals surface area contributed by atoms with Crippen LogP contribution in [0.5, 0.6) is 0 Å². The zero-order valence-electron chi connectivity index (χ0n) is 15.6. The van der Waals surface area contributed by atoms with Gasteiger partial charge >= 0.3 is 0 Å². The topological polar surface area (TPSA) is 61.9 Å². The van der Waals surface area contributed by atoms with Crippen LogP contribution in [0.3, 0.4) is 0 Å². The highest BCUT2D eigenvalue weighted by Crippen LogP contribution is 2.19. The van der Waals surface area contributed by atoms with Gasteiger partial charge in [-0.15, -0.1) is 0 Å². The van der Waals surface area contributed by atoms with E-state index < -0.39 is 0 Å². The molecule has 6 heteroatoms. The second kappa shape index (κ2) is 8.97. The van der Waals surface area contributed by atoms with Gasteiger partial charge in [-0.3, -0.25) is 14.5 Å². The number of aryl methyl sites for hydroxylation is 1. The lowest BCUT2D eigenvalue weighted by Crippen LogP contribution is -2.62. The predicted octanol–water partition coefficient (Wildman–Crippen LogP) is 1.18. The summed E-state index contributed by atoms with van der Waals surface area (Å²) in [6, 6.07) is 8.17. The molecular weight excluding hydrogens is 318 g/mol. The maximum atomic E-state index is 12.4. The minimum atomic E-state index is -0.215. The van der Waals surface area contributed by atoms with Gasteiger partial charge in [0, 0.05) is 39.3 Å². The van der Waals surface area contributed by atoms with Gasteiger partial charge in [-0.25, -0.2) is 0 Å². The number of ether oxygens (including phenoxy) is 1. The van der Waals surface area contributed by atoms with Crippen LogP contribution >= 0.6 is 0 Å². The summed E-state index contributed by atoms with van der Waals surface area (Å²) in [7, 11) is 1.82. The van der Waals surface area contributed by atoms with E-state index in [1.165, 1.54) is 11.1 Å². The van der Waals surface area contributed by atoms with Crippen molar-refractivity contribution in [2.75, 3.05) is 33.4 Å². The summed E-state index contributed by atoms with van der Waals surface area (Å²) in [4.78, 5) is 28.2. The first-order valence-electron chi connectivity index (χ1n) is 8.83. The normalized spacial score (nSPS) is 21.4. The van der Waals surface area contributed by atoms with Crippen molar-refractivity contribution in [3.05, 3.63) is 35.4 Å². The number of piperazine rings is 1. The van der Waals surface area contributed by atoms with Crippen molar-refractivity contribution in [3.63, 3.8) is 0 Å². The number of rotatable bonds is 7. The predicted molar refractivity (Wildman–Crippen MR) is 97.1 cm³/mol. The van der Waals surface area contributed by atoms with Gasteiger partial charge in [-0.1, -0.05) is 29.8 Å². The molecule has 2 rings (SSSR count). The number of hydrogen-bond acceptors (Lipinski definition) is 4. The fraction of sp³-hybridized carbons (Fsp3) is 0.579. The molecule has 1 fully saturated rings. The summed E-state index contributed by atoms with van der Waals surface area (Å²) < 4.78 is 5.14. The van der Waals surface area contributed by atoms with Crippen LogP contribution in [0.4, 0.5) is 0 Å². The number of nitrogens with zero attached hydrogens (tertiary/aromatic N) is 2. The molecule has 1 aromatic rings. The Hall–Kier alpha value is -1.92. The molecule has 0 bridgehead atoms. The van der Waals surface area contributed by atoms with Crippen molar-refractivity contribution >= 4 is 11.8 Å². The highest BCUT2D eigenvalue weighted by atomic mass is 16.5. The minimum absolute atomic E-state index is 0.0730. The Morgan fingerprint density at radius 3 is 2.84 bits per heavy atom. The fourth-order valence-electron chi connectivity index (χ4n) is 3.23. The fourth-order valence-corrected chi connectivity index (χ4v) is 3.23. The van der Waals surface area contributed by atoms with Gasteiger partial charge in [0.2, 0.25) is 11.8 Å². The van der Waals surface area contributed by atoms with Crippen LogP contribution in [-0.2, 0) is 20.9 Å². The van der Waals surface area contributed by atoms with Crippen LogP contribution in [-0.4, -0.2) is 67.0 Å². The molecule has 138 valence electrons. The Morgan fingerprint density at radius 2 is 2.16 bits per heavy atom. The third-order valence-corrected chi connectivity index (χ3v) is 4.60. The first-order chi connectivity index (χ1) is 11.9. The molecule has 0 aromatic heterocycles. The van der Waals surface area contributed by atoms with E-state index in [0.717, 1.165) is 0 Å². The smallest absolute Gasteiger partial charge is 0.246 e. The van der Waals surface area contributed by atoms with Crippen LogP contribution in [0, 0.1) is 6.92 Å². The third-order valence-electron chi connectivity index (χ3n) is 4.60. The number of benzene rings is 1. The summed E-state index contributed by atoms with van der Waals surface area (Å²) in [6.45, 7) is 8.24. The van der Waals surface area contributed by atoms with Crippen molar-refractivity contribution in [1.82, 2.24) is 15.1 Å². The molecule has 0 saturated carbocycles. The maximum absolute atomic E-state index is 12.4. The average Bonchev–Trinajstić information content (AvgIpc) is 2.59. The molecule has 1 N–H and O–H groups in total. The van der Waals surface area contributed by atoms with E-state index in [0.29, 0.717) is 26.2 Å². The van der Waals surface area contributed by atoms with Crippen molar-refractivity contribution in [1.29, 1.82) is 0 Å². The van der Waals surface area contributed by atoms with E-state index in [-0.39, 0.29) is 30.5 Å². The largest absolute Gasteiger partial charge is 0.372 e. The van der Waals surface area contributed by atoms with Gasteiger partial charge in [0.1, 0.15) is 6.61 Å². The van der Waals surface area contributed by atoms with Gasteiger partial charge in [-0.05, 0) is 26.3 Å². The van der Waals surface area contributed by atoms with E-state index in [9.17, 15) is 9.59 Å². The molecule has 1 saturated heterocycles. The Bertz CT molecular complexity index is 605. The SMILES string of the molecule is CCOCC(=O)NC[C@@H]1CN(C)C(=O)[C@H](C)N1Cc1cccc(C)c1. The molecule has 25 heavy (non-hydrogen) atoms. The van der Waals surface area contributed by atoms with E-state index in [1.54, 1.807) is 4.90 Å². The van der Waals surface area contributed by atoms with Crippen molar-refractivity contribution in [2.24, 2.45) is 0 Å². The Balaban J connectivity index is 2.07. The summed E-state index contributed by atoms with van der Waals surface area (Å²) in [5, 5.41) is 2.93. The molecule has 1 heterocycles. The number of nitrogens with one attached hydrogen (secondary N) is 1. The molecule has 0 radical (unpaired) electrons. The molecule has 2 atom stereocenters. The zero-order valence-corrected chi connectivity index (χ0v) is 15.6. The van der Waals surface area contributed by atoms with Gasteiger partial charge in [-0.2, -0.15) is 0 Å². The Kier molecular flexibility index (Phi) is 6.96. The van der Waals surface area contributed by atoms with E-state index in [1.807, 2.05) is 27.0 Å². The number of likely N-dealkylation sites (N-methyl/N-ethyl adjacent to an activating group) is 1. The van der Waals surface area contributed by atoms with Crippen molar-refractivity contribution in [2.45, 2.75) is 39.4 Å². The van der Waals surface area contributed by atoms with Gasteiger partial charge in [0.05, 0.1) is 6.04 Å². The molecule has 1 aliphatic heterocycles. The summed E-state index contributed by atoms with van der Waals surface area (Å²) in [5.74, 6) is -0.00546. The maximum Gasteiger partial charge on any atom is 0.246 e. The zero-order chi connectivity index (χ0) is 18.4. The third kappa shape index (κ3) is 5.28. The van der Waals surface area contributed by atoms with Crippen molar-refractivity contribution in [3.8, 4) is 0 Å². The molecular formula is C19H29N3O3. The standard InChI is InChI=1S/C19H29N3O3/c1-5-25-13-18(23)20-10-17-12-21(4)19(24)15(3)22(17)11-16-8-6-7-14(2)9-16/h6-9,15,17H,5,10-13H2,1-4H3,(H,20,23)/t15-,17+/m0/s1. The minimum Gasteiger partial charge on any atom is -0.372 e. The average molecular weight is 347 g/mol. The molecule has 0 aliphatic carbocycles. The molecule has 1 aromatic carbocycles. The number of carbonyl (C=O) groups is 2. The van der Waals surface area contributed by atoms with Gasteiger partial charge < -0.3 is 15.0 Å². The summed E-state index contributed by atoms with van der Waals surface area (Å²) in [6.07, 6.45) is 0. The lowest BCUT2D eigenvalue weighted by molar-refractivity contribution is -0.143. The lowest BCUT2D eigenvalue weighted by Gasteiger charge is -2.44. The van der Waals surface area contributed by atoms with Crippen LogP contribution in [0.15, 0.2) is 24.3 Å². The number of hydrogen-bond donors (Lipinski definition) is 1. The molecule has 0 unspecified atom stereocenters. The molecule has 0 spiro atoms. The van der Waals surface area contributed by atoms with Crippen LogP contribution < -0.4 is 5.32 Å². The van der Waals surface area contributed by atoms with Crippen molar-refractivity contribution < 1.29 is 14.3 Å². The van der Waals surface area contributed by atoms with E-state index in [2.05, 4.69) is 35.3 Å². The molecule has 1 aliphatic rings. The number of amides is 2. The van der Waals surface area contributed by atoms with Crippen LogP contribution in [0.1, 0.15) is 25.0 Å². The highest BCUT2D eigenvalue weighted by Gasteiger charge is 2.36. The van der Waals surface area contributed by atoms with E-state index >= 15 is 0 Å². The van der Waals surface area contributed by atoms with Crippen LogP contribution in [0.2, 0.25) is 0 Å². The van der Waals surface area contributed by atoms with E-state index in [4.69, 9.17) is 4.74 Å². The van der Waals surface area contributed by atoms with Crippen LogP contribution in [0.25, 0.3) is 0 Å². The highest BCUT2D eigenvalue weighted by molar-refractivity contribution is 5.82. The lowest BCUT2D eigenvalue weighted by atomic mass is 10.0. The Labute approximate surface area is 150 Å². The first kappa shape index (κ1) is 19.4.